The van der Waals surface area contributed by atoms with Gasteiger partial charge in [0, 0.05) is 11.4 Å². The molecule has 0 unspecified atom stereocenters. The van der Waals surface area contributed by atoms with E-state index >= 15 is 0 Å². The first-order valence-corrected chi connectivity index (χ1v) is 10.8. The van der Waals surface area contributed by atoms with E-state index in [4.69, 9.17) is 0 Å². The standard InChI is InChI=1S/C20H20N4OS2/c1-2-3-13-26-19-22-21-18(24(19)15-9-5-4-6-10-15)14-23-16-11-7-8-12-17(16)27-20(23)25/h4-12H,2-3,13-14H2,1H3. The first-order chi connectivity index (χ1) is 13.3. The molecule has 2 aromatic heterocycles. The predicted molar refractivity (Wildman–Crippen MR) is 112 cm³/mol. The van der Waals surface area contributed by atoms with Gasteiger partial charge < -0.3 is 0 Å². The maximum absolute atomic E-state index is 12.5. The molecule has 5 nitrogen and oxygen atoms in total. The number of hydrogen-bond donors (Lipinski definition) is 0. The predicted octanol–water partition coefficient (Wildman–Crippen LogP) is 4.58. The van der Waals surface area contributed by atoms with Crippen LogP contribution in [0.4, 0.5) is 0 Å². The van der Waals surface area contributed by atoms with E-state index < -0.39 is 0 Å². The zero-order valence-corrected chi connectivity index (χ0v) is 16.7. The number of aromatic nitrogens is 4. The molecule has 0 aliphatic heterocycles. The normalized spacial score (nSPS) is 11.3. The largest absolute Gasteiger partial charge is 0.308 e. The van der Waals surface area contributed by atoms with Gasteiger partial charge in [-0.1, -0.05) is 66.8 Å². The first kappa shape index (κ1) is 18.0. The van der Waals surface area contributed by atoms with Crippen LogP contribution >= 0.6 is 23.1 Å². The minimum absolute atomic E-state index is 0.0268. The van der Waals surface area contributed by atoms with Gasteiger partial charge in [-0.25, -0.2) is 0 Å². The van der Waals surface area contributed by atoms with Crippen molar-refractivity contribution in [3.63, 3.8) is 0 Å². The van der Waals surface area contributed by atoms with Crippen LogP contribution in [0.3, 0.4) is 0 Å². The number of nitrogens with zero attached hydrogens (tertiary/aromatic N) is 4. The lowest BCUT2D eigenvalue weighted by atomic mass is 10.3. The first-order valence-electron chi connectivity index (χ1n) is 8.99. The van der Waals surface area contributed by atoms with Crippen LogP contribution in [0.15, 0.2) is 64.5 Å². The van der Waals surface area contributed by atoms with Gasteiger partial charge in [-0.3, -0.25) is 13.9 Å². The number of fused-ring (bicyclic) bond motifs is 1. The second-order valence-corrected chi connectivity index (χ2v) is 8.25. The van der Waals surface area contributed by atoms with Gasteiger partial charge in [0.2, 0.25) is 0 Å². The van der Waals surface area contributed by atoms with E-state index in [2.05, 4.69) is 21.7 Å². The molecule has 138 valence electrons. The molecule has 0 saturated heterocycles. The van der Waals surface area contributed by atoms with E-state index in [1.807, 2.05) is 54.6 Å². The summed E-state index contributed by atoms with van der Waals surface area (Å²) in [4.78, 5) is 12.6. The highest BCUT2D eigenvalue weighted by Gasteiger charge is 2.17. The van der Waals surface area contributed by atoms with Crippen LogP contribution in [0.5, 0.6) is 0 Å². The number of benzene rings is 2. The highest BCUT2D eigenvalue weighted by Crippen LogP contribution is 2.24. The van der Waals surface area contributed by atoms with Crippen molar-refractivity contribution in [3.05, 3.63) is 70.1 Å². The number of para-hydroxylation sites is 2. The molecule has 0 radical (unpaired) electrons. The number of thiazole rings is 1. The molecular weight excluding hydrogens is 376 g/mol. The quantitative estimate of drug-likeness (QED) is 0.339. The Bertz CT molecular complexity index is 1100. The van der Waals surface area contributed by atoms with Crippen LogP contribution in [0.1, 0.15) is 25.6 Å². The van der Waals surface area contributed by atoms with Crippen molar-refractivity contribution in [1.29, 1.82) is 0 Å². The Kier molecular flexibility index (Phi) is 5.40. The Hall–Kier alpha value is -2.38. The SMILES string of the molecule is CCCCSc1nnc(Cn2c(=O)sc3ccccc32)n1-c1ccccc1. The third-order valence-corrected chi connectivity index (χ3v) is 6.29. The average molecular weight is 397 g/mol. The fourth-order valence-electron chi connectivity index (χ4n) is 2.95. The summed E-state index contributed by atoms with van der Waals surface area (Å²) >= 11 is 2.98. The number of hydrogen-bond acceptors (Lipinski definition) is 5. The van der Waals surface area contributed by atoms with Crippen molar-refractivity contribution in [2.45, 2.75) is 31.5 Å². The number of thioether (sulfide) groups is 1. The highest BCUT2D eigenvalue weighted by atomic mass is 32.2. The minimum Gasteiger partial charge on any atom is -0.291 e. The molecule has 0 aliphatic carbocycles. The van der Waals surface area contributed by atoms with Crippen molar-refractivity contribution in [3.8, 4) is 5.69 Å². The third kappa shape index (κ3) is 3.70. The Morgan fingerprint density at radius 2 is 1.81 bits per heavy atom. The van der Waals surface area contributed by atoms with Gasteiger partial charge in [0.25, 0.3) is 0 Å². The van der Waals surface area contributed by atoms with Crippen molar-refractivity contribution < 1.29 is 0 Å². The van der Waals surface area contributed by atoms with Gasteiger partial charge in [-0.2, -0.15) is 0 Å². The smallest absolute Gasteiger partial charge is 0.291 e. The van der Waals surface area contributed by atoms with Crippen LogP contribution in [-0.2, 0) is 6.54 Å². The molecule has 27 heavy (non-hydrogen) atoms. The third-order valence-electron chi connectivity index (χ3n) is 4.32. The molecule has 0 spiro atoms. The Morgan fingerprint density at radius 3 is 2.63 bits per heavy atom. The zero-order valence-electron chi connectivity index (χ0n) is 15.0. The van der Waals surface area contributed by atoms with E-state index in [0.29, 0.717) is 6.54 Å². The fraction of sp³-hybridized carbons (Fsp3) is 0.250. The van der Waals surface area contributed by atoms with Crippen LogP contribution in [0, 0.1) is 0 Å². The topological polar surface area (TPSA) is 52.7 Å². The number of rotatable bonds is 7. The summed E-state index contributed by atoms with van der Waals surface area (Å²) in [6, 6.07) is 18.0. The summed E-state index contributed by atoms with van der Waals surface area (Å²) in [5.41, 5.74) is 1.96. The second-order valence-electron chi connectivity index (χ2n) is 6.19. The Balaban J connectivity index is 1.76. The van der Waals surface area contributed by atoms with Gasteiger partial charge >= 0.3 is 4.87 Å². The van der Waals surface area contributed by atoms with Crippen LogP contribution < -0.4 is 4.87 Å². The molecule has 0 N–H and O–H groups in total. The molecule has 0 aliphatic rings. The van der Waals surface area contributed by atoms with Crippen LogP contribution in [-0.4, -0.2) is 25.1 Å². The van der Waals surface area contributed by atoms with Crippen molar-refractivity contribution in [2.75, 3.05) is 5.75 Å². The van der Waals surface area contributed by atoms with E-state index in [-0.39, 0.29) is 4.87 Å². The summed E-state index contributed by atoms with van der Waals surface area (Å²) in [5, 5.41) is 9.72. The van der Waals surface area contributed by atoms with Crippen molar-refractivity contribution >= 4 is 33.3 Å². The molecule has 2 heterocycles. The van der Waals surface area contributed by atoms with E-state index in [9.17, 15) is 4.79 Å². The molecule has 0 saturated carbocycles. The lowest BCUT2D eigenvalue weighted by molar-refractivity contribution is 0.725. The summed E-state index contributed by atoms with van der Waals surface area (Å²) in [5.74, 6) is 1.77. The molecule has 4 rings (SSSR count). The molecule has 0 fully saturated rings. The Morgan fingerprint density at radius 1 is 1.04 bits per heavy atom. The van der Waals surface area contributed by atoms with Gasteiger partial charge in [0.1, 0.15) is 0 Å². The maximum atomic E-state index is 12.5. The summed E-state index contributed by atoms with van der Waals surface area (Å²) < 4.78 is 4.84. The van der Waals surface area contributed by atoms with Gasteiger partial charge in [-0.05, 0) is 30.7 Å². The van der Waals surface area contributed by atoms with E-state index in [1.165, 1.54) is 11.3 Å². The van der Waals surface area contributed by atoms with Crippen molar-refractivity contribution in [1.82, 2.24) is 19.3 Å². The lowest BCUT2D eigenvalue weighted by Crippen LogP contribution is -2.16. The zero-order chi connectivity index (χ0) is 18.6. The second kappa shape index (κ2) is 8.10. The molecular formula is C20H20N4OS2. The monoisotopic (exact) mass is 396 g/mol. The molecule has 0 atom stereocenters. The molecule has 2 aromatic carbocycles. The Labute approximate surface area is 165 Å². The molecule has 4 aromatic rings. The fourth-order valence-corrected chi connectivity index (χ4v) is 4.89. The molecule has 7 heteroatoms. The lowest BCUT2D eigenvalue weighted by Gasteiger charge is -2.10. The van der Waals surface area contributed by atoms with Gasteiger partial charge in [-0.15, -0.1) is 10.2 Å². The summed E-state index contributed by atoms with van der Waals surface area (Å²) in [7, 11) is 0. The molecule has 0 amide bonds. The number of unbranched alkanes of at least 4 members (excludes halogenated alkanes) is 1. The molecule has 0 bridgehead atoms. The van der Waals surface area contributed by atoms with Gasteiger partial charge in [0.15, 0.2) is 11.0 Å². The summed E-state index contributed by atoms with van der Waals surface area (Å²) in [6.45, 7) is 2.58. The van der Waals surface area contributed by atoms with Crippen molar-refractivity contribution in [2.24, 2.45) is 0 Å². The van der Waals surface area contributed by atoms with E-state index in [1.54, 1.807) is 16.3 Å². The maximum Gasteiger partial charge on any atom is 0.308 e. The summed E-state index contributed by atoms with van der Waals surface area (Å²) in [6.07, 6.45) is 2.28. The highest BCUT2D eigenvalue weighted by molar-refractivity contribution is 7.99. The van der Waals surface area contributed by atoms with Gasteiger partial charge in [0.05, 0.1) is 16.8 Å². The van der Waals surface area contributed by atoms with E-state index in [0.717, 1.165) is 45.5 Å². The van der Waals surface area contributed by atoms with Crippen LogP contribution in [0.25, 0.3) is 15.9 Å². The minimum atomic E-state index is 0.0268. The average Bonchev–Trinajstić information content (AvgIpc) is 3.24. The van der Waals surface area contributed by atoms with Crippen LogP contribution in [0.2, 0.25) is 0 Å².